The van der Waals surface area contributed by atoms with Crippen molar-refractivity contribution in [3.8, 4) is 0 Å². The molecular formula is C21H17N5O. The maximum absolute atomic E-state index is 12.8. The summed E-state index contributed by atoms with van der Waals surface area (Å²) < 4.78 is 1.22. The first-order valence-corrected chi connectivity index (χ1v) is 8.54. The summed E-state index contributed by atoms with van der Waals surface area (Å²) in [6, 6.07) is 26.5. The van der Waals surface area contributed by atoms with E-state index in [-0.39, 0.29) is 5.56 Å². The molecular weight excluding hydrogens is 338 g/mol. The number of hydrogen-bond acceptors (Lipinski definition) is 4. The zero-order valence-electron chi connectivity index (χ0n) is 14.7. The number of para-hydroxylation sites is 3. The lowest BCUT2D eigenvalue weighted by Gasteiger charge is -2.17. The molecule has 0 fully saturated rings. The van der Waals surface area contributed by atoms with E-state index in [4.69, 9.17) is 0 Å². The topological polar surface area (TPSA) is 62.9 Å². The molecule has 1 aromatic heterocycles. The van der Waals surface area contributed by atoms with Gasteiger partial charge >= 0.3 is 0 Å². The van der Waals surface area contributed by atoms with Gasteiger partial charge < -0.3 is 0 Å². The quantitative estimate of drug-likeness (QED) is 0.395. The Morgan fingerprint density at radius 1 is 0.815 bits per heavy atom. The molecule has 0 aliphatic heterocycles. The first-order chi connectivity index (χ1) is 13.2. The third-order valence-electron chi connectivity index (χ3n) is 4.14. The van der Waals surface area contributed by atoms with Gasteiger partial charge in [-0.25, -0.2) is 9.99 Å². The molecule has 0 atom stereocenters. The molecule has 0 saturated carbocycles. The largest absolute Gasteiger partial charge is 0.283 e. The van der Waals surface area contributed by atoms with Crippen LogP contribution in [0.4, 0.5) is 11.4 Å². The third-order valence-corrected chi connectivity index (χ3v) is 4.14. The molecule has 0 saturated heterocycles. The lowest BCUT2D eigenvalue weighted by Crippen LogP contribution is -2.21. The third kappa shape index (κ3) is 3.32. The predicted octanol–water partition coefficient (Wildman–Crippen LogP) is 4.67. The van der Waals surface area contributed by atoms with E-state index in [0.29, 0.717) is 16.7 Å². The number of nitrogens with zero attached hydrogens (tertiary/aromatic N) is 5. The van der Waals surface area contributed by atoms with Gasteiger partial charge in [0.2, 0.25) is 0 Å². The van der Waals surface area contributed by atoms with Crippen LogP contribution in [0.3, 0.4) is 0 Å². The first-order valence-electron chi connectivity index (χ1n) is 8.54. The van der Waals surface area contributed by atoms with Crippen molar-refractivity contribution < 1.29 is 0 Å². The Morgan fingerprint density at radius 3 is 2.00 bits per heavy atom. The van der Waals surface area contributed by atoms with E-state index in [1.165, 1.54) is 4.68 Å². The molecule has 4 rings (SSSR count). The van der Waals surface area contributed by atoms with Crippen LogP contribution in [-0.4, -0.2) is 9.66 Å². The van der Waals surface area contributed by atoms with Crippen LogP contribution < -0.4 is 10.6 Å². The summed E-state index contributed by atoms with van der Waals surface area (Å²) in [5.74, 6) is 0.475. The van der Waals surface area contributed by atoms with Crippen molar-refractivity contribution in [3.63, 3.8) is 0 Å². The van der Waals surface area contributed by atoms with Gasteiger partial charge in [-0.1, -0.05) is 48.5 Å². The van der Waals surface area contributed by atoms with Gasteiger partial charge in [0.25, 0.3) is 5.56 Å². The van der Waals surface area contributed by atoms with Gasteiger partial charge in [0.05, 0.1) is 22.3 Å². The Labute approximate surface area is 156 Å². The Bertz CT molecular complexity index is 1110. The number of rotatable bonds is 4. The van der Waals surface area contributed by atoms with Crippen molar-refractivity contribution >= 4 is 22.3 Å². The van der Waals surface area contributed by atoms with E-state index in [1.54, 1.807) is 18.0 Å². The minimum Gasteiger partial charge on any atom is -0.267 e. The summed E-state index contributed by atoms with van der Waals surface area (Å²) in [7, 11) is 0. The molecule has 4 aromatic rings. The fourth-order valence-corrected chi connectivity index (χ4v) is 2.81. The fourth-order valence-electron chi connectivity index (χ4n) is 2.81. The van der Waals surface area contributed by atoms with Gasteiger partial charge in [-0.3, -0.25) is 4.79 Å². The molecule has 0 amide bonds. The number of fused-ring (bicyclic) bond motifs is 1. The molecule has 0 bridgehead atoms. The van der Waals surface area contributed by atoms with Gasteiger partial charge in [-0.05, 0) is 53.8 Å². The second kappa shape index (κ2) is 7.21. The van der Waals surface area contributed by atoms with Crippen LogP contribution in [0.25, 0.3) is 10.9 Å². The Hall–Kier alpha value is -3.80. The van der Waals surface area contributed by atoms with Crippen molar-refractivity contribution in [2.45, 2.75) is 6.92 Å². The van der Waals surface area contributed by atoms with Crippen LogP contribution in [0.2, 0.25) is 0 Å². The second-order valence-electron chi connectivity index (χ2n) is 5.95. The van der Waals surface area contributed by atoms with Gasteiger partial charge in [0.1, 0.15) is 5.82 Å². The predicted molar refractivity (Wildman–Crippen MR) is 106 cm³/mol. The summed E-state index contributed by atoms with van der Waals surface area (Å²) in [6.07, 6.45) is 0. The van der Waals surface area contributed by atoms with Crippen LogP contribution in [0.5, 0.6) is 0 Å². The maximum Gasteiger partial charge on any atom is 0.283 e. The number of aryl methyl sites for hydroxylation is 1. The molecule has 0 radical (unpaired) electrons. The van der Waals surface area contributed by atoms with Crippen molar-refractivity contribution in [3.05, 3.63) is 101 Å². The van der Waals surface area contributed by atoms with Gasteiger partial charge in [-0.15, -0.1) is 0 Å². The minimum absolute atomic E-state index is 0.247. The number of benzene rings is 3. The van der Waals surface area contributed by atoms with Gasteiger partial charge in [0, 0.05) is 0 Å². The Balaban J connectivity index is 1.81. The standard InChI is InChI=1S/C21H17N5O/c1-16-22-20-15-9-8-14-19(20)21(27)25(16)23-24-26(17-10-4-2-5-11-17)18-12-6-3-7-13-18/h2-15H,1H3/b24-23-. The van der Waals surface area contributed by atoms with Crippen LogP contribution >= 0.6 is 0 Å². The summed E-state index contributed by atoms with van der Waals surface area (Å²) in [5, 5.41) is 10.7. The molecule has 0 aliphatic carbocycles. The lowest BCUT2D eigenvalue weighted by molar-refractivity contribution is 0.688. The van der Waals surface area contributed by atoms with Crippen molar-refractivity contribution in [1.29, 1.82) is 0 Å². The highest BCUT2D eigenvalue weighted by molar-refractivity contribution is 5.77. The molecule has 3 aromatic carbocycles. The highest BCUT2D eigenvalue weighted by atomic mass is 16.1. The molecule has 132 valence electrons. The van der Waals surface area contributed by atoms with E-state index in [0.717, 1.165) is 11.4 Å². The molecule has 1 heterocycles. The van der Waals surface area contributed by atoms with E-state index in [1.807, 2.05) is 78.9 Å². The normalized spacial score (nSPS) is 11.1. The molecule has 0 N–H and O–H groups in total. The molecule has 27 heavy (non-hydrogen) atoms. The fraction of sp³-hybridized carbons (Fsp3) is 0.0476. The van der Waals surface area contributed by atoms with Crippen molar-refractivity contribution in [1.82, 2.24) is 9.66 Å². The molecule has 0 spiro atoms. The molecule has 0 unspecified atom stereocenters. The zero-order valence-corrected chi connectivity index (χ0v) is 14.7. The molecule has 0 aliphatic rings. The number of hydrogen-bond donors (Lipinski definition) is 0. The summed E-state index contributed by atoms with van der Waals surface area (Å²) >= 11 is 0. The number of aromatic nitrogens is 2. The highest BCUT2D eigenvalue weighted by Gasteiger charge is 2.10. The highest BCUT2D eigenvalue weighted by Crippen LogP contribution is 2.25. The van der Waals surface area contributed by atoms with E-state index in [2.05, 4.69) is 15.4 Å². The average Bonchev–Trinajstić information content (AvgIpc) is 2.72. The summed E-state index contributed by atoms with van der Waals surface area (Å²) in [6.45, 7) is 1.74. The van der Waals surface area contributed by atoms with E-state index < -0.39 is 0 Å². The first kappa shape index (κ1) is 16.7. The van der Waals surface area contributed by atoms with Crippen LogP contribution in [0, 0.1) is 6.92 Å². The average molecular weight is 355 g/mol. The second-order valence-corrected chi connectivity index (χ2v) is 5.95. The van der Waals surface area contributed by atoms with Crippen LogP contribution in [-0.2, 0) is 0 Å². The minimum atomic E-state index is -0.247. The van der Waals surface area contributed by atoms with Crippen molar-refractivity contribution in [2.75, 3.05) is 5.01 Å². The van der Waals surface area contributed by atoms with E-state index in [9.17, 15) is 4.79 Å². The van der Waals surface area contributed by atoms with Crippen LogP contribution in [0.1, 0.15) is 5.82 Å². The smallest absolute Gasteiger partial charge is 0.267 e. The summed E-state index contributed by atoms with van der Waals surface area (Å²) in [5.41, 5.74) is 2.08. The number of anilines is 2. The monoisotopic (exact) mass is 355 g/mol. The zero-order chi connectivity index (χ0) is 18.6. The summed E-state index contributed by atoms with van der Waals surface area (Å²) in [4.78, 5) is 17.2. The Kier molecular flexibility index (Phi) is 4.45. The van der Waals surface area contributed by atoms with Gasteiger partial charge in [0.15, 0.2) is 0 Å². The van der Waals surface area contributed by atoms with E-state index >= 15 is 0 Å². The Morgan fingerprint density at radius 2 is 1.37 bits per heavy atom. The molecule has 6 nitrogen and oxygen atoms in total. The molecule has 6 heteroatoms. The van der Waals surface area contributed by atoms with Gasteiger partial charge in [-0.2, -0.15) is 4.68 Å². The van der Waals surface area contributed by atoms with Crippen molar-refractivity contribution in [2.24, 2.45) is 10.4 Å². The maximum atomic E-state index is 12.8. The van der Waals surface area contributed by atoms with Crippen LogP contribution in [0.15, 0.2) is 100 Å². The lowest BCUT2D eigenvalue weighted by atomic mass is 10.2. The SMILES string of the molecule is Cc1nc2ccccc2c(=O)n1/N=N\N(c1ccccc1)c1ccccc1.